The Morgan fingerprint density at radius 1 is 1.32 bits per heavy atom. The number of thioether (sulfide) groups is 1. The molecule has 0 atom stereocenters. The summed E-state index contributed by atoms with van der Waals surface area (Å²) >= 11 is 3.06. The zero-order valence-electron chi connectivity index (χ0n) is 14.7. The first kappa shape index (κ1) is 18.2. The summed E-state index contributed by atoms with van der Waals surface area (Å²) in [4.78, 5) is 41.7. The van der Waals surface area contributed by atoms with Crippen LogP contribution in [0.1, 0.15) is 31.2 Å². The van der Waals surface area contributed by atoms with Gasteiger partial charge >= 0.3 is 0 Å². The van der Waals surface area contributed by atoms with Crippen molar-refractivity contribution in [3.63, 3.8) is 0 Å². The van der Waals surface area contributed by atoms with Gasteiger partial charge in [-0.3, -0.25) is 19.3 Å². The third kappa shape index (κ3) is 3.98. The third-order valence-corrected chi connectivity index (χ3v) is 6.41. The number of carbonyl (C=O) groups is 3. The average molecular weight is 379 g/mol. The Hall–Kier alpha value is -1.60. The maximum absolute atomic E-state index is 12.7. The quantitative estimate of drug-likeness (QED) is 0.759. The van der Waals surface area contributed by atoms with E-state index in [-0.39, 0.29) is 29.9 Å². The van der Waals surface area contributed by atoms with Crippen LogP contribution in [0.2, 0.25) is 0 Å². The van der Waals surface area contributed by atoms with Crippen LogP contribution < -0.4 is 0 Å². The van der Waals surface area contributed by atoms with E-state index in [0.29, 0.717) is 18.1 Å². The summed E-state index contributed by atoms with van der Waals surface area (Å²) in [6.07, 6.45) is 2.38. The molecule has 2 amide bonds. The normalized spacial score (nSPS) is 19.5. The minimum Gasteiger partial charge on any atom is -0.336 e. The summed E-state index contributed by atoms with van der Waals surface area (Å²) in [5.41, 5.74) is 0.697. The molecule has 0 aromatic carbocycles. The predicted octanol–water partition coefficient (Wildman–Crippen LogP) is 2.66. The van der Waals surface area contributed by atoms with Gasteiger partial charge in [-0.2, -0.15) is 0 Å². The minimum absolute atomic E-state index is 0.00849. The van der Waals surface area contributed by atoms with Gasteiger partial charge in [-0.1, -0.05) is 32.5 Å². The number of hydrogen-bond acceptors (Lipinski definition) is 5. The van der Waals surface area contributed by atoms with Crippen molar-refractivity contribution in [2.75, 3.05) is 18.8 Å². The molecule has 2 aliphatic rings. The van der Waals surface area contributed by atoms with Crippen LogP contribution in [0, 0.1) is 5.41 Å². The highest BCUT2D eigenvalue weighted by atomic mass is 32.2. The van der Waals surface area contributed by atoms with E-state index in [4.69, 9.17) is 0 Å². The van der Waals surface area contributed by atoms with Gasteiger partial charge in [0.05, 0.1) is 10.8 Å². The van der Waals surface area contributed by atoms with Gasteiger partial charge < -0.3 is 4.90 Å². The fourth-order valence-electron chi connectivity index (χ4n) is 2.73. The Bertz CT molecular complexity index is 746. The molecule has 0 N–H and O–H groups in total. The van der Waals surface area contributed by atoms with Crippen molar-refractivity contribution in [2.24, 2.45) is 5.41 Å². The topological polar surface area (TPSA) is 57.7 Å². The van der Waals surface area contributed by atoms with Crippen molar-refractivity contribution in [1.82, 2.24) is 9.80 Å². The number of hydrogen-bond donors (Lipinski definition) is 0. The van der Waals surface area contributed by atoms with Crippen LogP contribution in [-0.2, 0) is 27.3 Å². The van der Waals surface area contributed by atoms with Crippen LogP contribution >= 0.6 is 23.1 Å². The highest BCUT2D eigenvalue weighted by Gasteiger charge is 2.32. The van der Waals surface area contributed by atoms with E-state index in [9.17, 15) is 14.4 Å². The van der Waals surface area contributed by atoms with Crippen LogP contribution in [0.3, 0.4) is 0 Å². The maximum Gasteiger partial charge on any atom is 0.242 e. The molecule has 0 unspecified atom stereocenters. The lowest BCUT2D eigenvalue weighted by Crippen LogP contribution is -2.42. The van der Waals surface area contributed by atoms with Crippen LogP contribution in [0.15, 0.2) is 22.6 Å². The van der Waals surface area contributed by atoms with Crippen molar-refractivity contribution in [2.45, 2.75) is 33.7 Å². The molecule has 3 heterocycles. The highest BCUT2D eigenvalue weighted by Crippen LogP contribution is 2.31. The van der Waals surface area contributed by atoms with Gasteiger partial charge in [-0.15, -0.1) is 11.3 Å². The van der Waals surface area contributed by atoms with Crippen LogP contribution in [0.25, 0.3) is 0 Å². The Morgan fingerprint density at radius 2 is 2.08 bits per heavy atom. The second-order valence-corrected chi connectivity index (χ2v) is 9.30. The van der Waals surface area contributed by atoms with Gasteiger partial charge in [-0.05, 0) is 23.4 Å². The summed E-state index contributed by atoms with van der Waals surface area (Å²) in [5, 5.41) is 2.64. The van der Waals surface area contributed by atoms with Gasteiger partial charge in [0.15, 0.2) is 5.78 Å². The van der Waals surface area contributed by atoms with Gasteiger partial charge in [0.2, 0.25) is 11.8 Å². The molecule has 134 valence electrons. The van der Waals surface area contributed by atoms with E-state index in [1.54, 1.807) is 16.2 Å². The van der Waals surface area contributed by atoms with Crippen molar-refractivity contribution < 1.29 is 14.4 Å². The summed E-state index contributed by atoms with van der Waals surface area (Å²) in [5.74, 6) is 0.0648. The fraction of sp³-hybridized carbons (Fsp3) is 0.500. The number of carbonyl (C=O) groups excluding carboxylic acids is 3. The van der Waals surface area contributed by atoms with Crippen molar-refractivity contribution >= 4 is 40.7 Å². The minimum atomic E-state index is -0.503. The van der Waals surface area contributed by atoms with E-state index in [1.165, 1.54) is 33.2 Å². The van der Waals surface area contributed by atoms with Crippen LogP contribution in [0.5, 0.6) is 0 Å². The monoisotopic (exact) mass is 378 g/mol. The smallest absolute Gasteiger partial charge is 0.242 e. The first-order valence-electron chi connectivity index (χ1n) is 8.28. The summed E-state index contributed by atoms with van der Waals surface area (Å²) in [7, 11) is 0. The first-order valence-corrected chi connectivity index (χ1v) is 10.1. The lowest BCUT2D eigenvalue weighted by Gasteiger charge is -2.29. The Morgan fingerprint density at radius 3 is 2.80 bits per heavy atom. The zero-order valence-corrected chi connectivity index (χ0v) is 16.3. The zero-order chi connectivity index (χ0) is 18.2. The molecule has 2 aliphatic heterocycles. The second kappa shape index (κ2) is 6.96. The molecule has 0 aliphatic carbocycles. The van der Waals surface area contributed by atoms with E-state index in [1.807, 2.05) is 20.8 Å². The Kier molecular flexibility index (Phi) is 5.06. The van der Waals surface area contributed by atoms with Crippen molar-refractivity contribution in [3.05, 3.63) is 33.0 Å². The molecule has 25 heavy (non-hydrogen) atoms. The highest BCUT2D eigenvalue weighted by molar-refractivity contribution is 8.04. The molecule has 0 radical (unpaired) electrons. The third-order valence-electron chi connectivity index (χ3n) is 4.36. The summed E-state index contributed by atoms with van der Waals surface area (Å²) in [6.45, 7) is 6.82. The van der Waals surface area contributed by atoms with Gasteiger partial charge in [0, 0.05) is 29.5 Å². The number of amides is 2. The first-order chi connectivity index (χ1) is 11.8. The summed E-state index contributed by atoms with van der Waals surface area (Å²) < 4.78 is 0. The fourth-order valence-corrected chi connectivity index (χ4v) is 4.55. The molecule has 0 saturated carbocycles. The number of nitrogens with zero attached hydrogens (tertiary/aromatic N) is 2. The van der Waals surface area contributed by atoms with Gasteiger partial charge in [-0.25, -0.2) is 0 Å². The number of fused-ring (bicyclic) bond motifs is 1. The van der Waals surface area contributed by atoms with E-state index >= 15 is 0 Å². The molecular weight excluding hydrogens is 356 g/mol. The van der Waals surface area contributed by atoms with E-state index < -0.39 is 5.41 Å². The van der Waals surface area contributed by atoms with E-state index in [0.717, 1.165) is 6.42 Å². The number of allylic oxidation sites excluding steroid dienone is 1. The Balaban J connectivity index is 1.70. The lowest BCUT2D eigenvalue weighted by atomic mass is 9.91. The largest absolute Gasteiger partial charge is 0.336 e. The Labute approximate surface area is 156 Å². The molecule has 1 aromatic rings. The van der Waals surface area contributed by atoms with Crippen LogP contribution in [-0.4, -0.2) is 46.2 Å². The molecular formula is C18H22N2O3S2. The SMILES string of the molecule is CC(C)(C)C(=O)/C=C1\SCC(=O)N1CC(=O)N1CCc2sccc2C1. The van der Waals surface area contributed by atoms with Gasteiger partial charge in [0.25, 0.3) is 0 Å². The van der Waals surface area contributed by atoms with Gasteiger partial charge in [0.1, 0.15) is 6.54 Å². The average Bonchev–Trinajstić information content (AvgIpc) is 3.14. The molecule has 5 nitrogen and oxygen atoms in total. The van der Waals surface area contributed by atoms with Crippen molar-refractivity contribution in [3.8, 4) is 0 Å². The van der Waals surface area contributed by atoms with E-state index in [2.05, 4.69) is 11.4 Å². The lowest BCUT2D eigenvalue weighted by molar-refractivity contribution is -0.137. The molecule has 0 bridgehead atoms. The number of thiophene rings is 1. The predicted molar refractivity (Wildman–Crippen MR) is 100 cm³/mol. The maximum atomic E-state index is 12.7. The summed E-state index contributed by atoms with van der Waals surface area (Å²) in [6, 6.07) is 2.06. The molecule has 7 heteroatoms. The molecule has 0 spiro atoms. The van der Waals surface area contributed by atoms with Crippen molar-refractivity contribution in [1.29, 1.82) is 0 Å². The molecule has 1 fully saturated rings. The molecule has 3 rings (SSSR count). The number of rotatable bonds is 3. The molecule has 1 aromatic heterocycles. The molecule has 1 saturated heterocycles. The second-order valence-electron chi connectivity index (χ2n) is 7.30. The van der Waals surface area contributed by atoms with Crippen LogP contribution in [0.4, 0.5) is 0 Å². The standard InChI is InChI=1S/C18H22N2O3S2/c1-18(2,3)14(21)8-17-20(16(23)11-25-17)10-15(22)19-6-4-13-12(9-19)5-7-24-13/h5,7-8H,4,6,9-11H2,1-3H3/b17-8-. The number of ketones is 1.